The summed E-state index contributed by atoms with van der Waals surface area (Å²) >= 11 is 3.20. The maximum Gasteiger partial charge on any atom is 0.269 e. The SMILES string of the molecule is N#Cc1c(SCC(=O)Nc2ccc([N+](=O)[O-])cc2)nsc1SCC(=O)Nc1ccc([N+](=O)[O-])cc1. The zero-order valence-corrected chi connectivity index (χ0v) is 19.9. The minimum absolute atomic E-state index is 0.0153. The summed E-state index contributed by atoms with van der Waals surface area (Å²) in [5.74, 6) is -0.797. The number of nitro benzene ring substituents is 2. The number of carbonyl (C=O) groups excluding carboxylic acids is 2. The summed E-state index contributed by atoms with van der Waals surface area (Å²) in [6.07, 6.45) is 0. The molecule has 0 spiro atoms. The lowest BCUT2D eigenvalue weighted by atomic mass is 10.3. The number of nitrogens with one attached hydrogen (secondary N) is 2. The third-order valence-corrected chi connectivity index (χ3v) is 7.32. The van der Waals surface area contributed by atoms with E-state index < -0.39 is 9.85 Å². The molecule has 2 N–H and O–H groups in total. The monoisotopic (exact) mass is 530 g/mol. The lowest BCUT2D eigenvalue weighted by molar-refractivity contribution is -0.385. The van der Waals surface area contributed by atoms with Gasteiger partial charge in [0.1, 0.15) is 20.9 Å². The van der Waals surface area contributed by atoms with Gasteiger partial charge in [-0.2, -0.15) is 9.64 Å². The molecular formula is C20H14N6O6S3. The lowest BCUT2D eigenvalue weighted by Crippen LogP contribution is -2.14. The Balaban J connectivity index is 1.51. The second-order valence-corrected chi connectivity index (χ2v) is 9.53. The first-order valence-electron chi connectivity index (χ1n) is 9.51. The van der Waals surface area contributed by atoms with Crippen LogP contribution in [-0.2, 0) is 9.59 Å². The maximum absolute atomic E-state index is 12.2. The van der Waals surface area contributed by atoms with Crippen molar-refractivity contribution in [2.24, 2.45) is 0 Å². The Bertz CT molecular complexity index is 1210. The number of anilines is 2. The highest BCUT2D eigenvalue weighted by Gasteiger charge is 2.18. The van der Waals surface area contributed by atoms with Gasteiger partial charge in [0.2, 0.25) is 11.8 Å². The van der Waals surface area contributed by atoms with Gasteiger partial charge < -0.3 is 10.6 Å². The van der Waals surface area contributed by atoms with Gasteiger partial charge in [-0.3, -0.25) is 29.8 Å². The van der Waals surface area contributed by atoms with Crippen LogP contribution in [0, 0.1) is 31.6 Å². The second-order valence-electron chi connectivity index (χ2n) is 6.54. The van der Waals surface area contributed by atoms with Crippen LogP contribution in [0.3, 0.4) is 0 Å². The summed E-state index contributed by atoms with van der Waals surface area (Å²) in [4.78, 5) is 44.7. The number of nitrogens with zero attached hydrogens (tertiary/aromatic N) is 4. The molecular weight excluding hydrogens is 516 g/mol. The van der Waals surface area contributed by atoms with Crippen molar-refractivity contribution >= 4 is 69.6 Å². The lowest BCUT2D eigenvalue weighted by Gasteiger charge is -2.05. The third-order valence-electron chi connectivity index (χ3n) is 4.14. The molecule has 0 aliphatic heterocycles. The maximum atomic E-state index is 12.2. The van der Waals surface area contributed by atoms with E-state index >= 15 is 0 Å². The van der Waals surface area contributed by atoms with E-state index in [0.717, 1.165) is 35.1 Å². The summed E-state index contributed by atoms with van der Waals surface area (Å²) in [5.41, 5.74) is 0.880. The fourth-order valence-corrected chi connectivity index (χ4v) is 5.24. The third kappa shape index (κ3) is 7.24. The smallest absolute Gasteiger partial charge is 0.269 e. The summed E-state index contributed by atoms with van der Waals surface area (Å²) in [6.45, 7) is 0. The van der Waals surface area contributed by atoms with Gasteiger partial charge in [-0.15, -0.1) is 11.8 Å². The van der Waals surface area contributed by atoms with Gasteiger partial charge in [-0.05, 0) is 35.8 Å². The fourth-order valence-electron chi connectivity index (χ4n) is 2.54. The Morgan fingerprint density at radius 1 is 0.886 bits per heavy atom. The van der Waals surface area contributed by atoms with E-state index in [2.05, 4.69) is 15.0 Å². The summed E-state index contributed by atoms with van der Waals surface area (Å²) in [5, 5.41) is 36.5. The number of nitriles is 1. The zero-order valence-electron chi connectivity index (χ0n) is 17.5. The summed E-state index contributed by atoms with van der Waals surface area (Å²) in [7, 11) is 0. The van der Waals surface area contributed by atoms with Crippen molar-refractivity contribution in [1.29, 1.82) is 5.26 Å². The number of hydrogen-bond acceptors (Lipinski definition) is 11. The molecule has 15 heteroatoms. The van der Waals surface area contributed by atoms with Crippen molar-refractivity contribution in [1.82, 2.24) is 4.37 Å². The zero-order chi connectivity index (χ0) is 25.4. The van der Waals surface area contributed by atoms with E-state index in [9.17, 15) is 35.1 Å². The van der Waals surface area contributed by atoms with Crippen LogP contribution in [0.25, 0.3) is 0 Å². The molecule has 0 saturated heterocycles. The number of nitro groups is 2. The normalized spacial score (nSPS) is 10.3. The van der Waals surface area contributed by atoms with Crippen LogP contribution in [0.1, 0.15) is 5.56 Å². The predicted molar refractivity (Wildman–Crippen MR) is 132 cm³/mol. The Labute approximate surface area is 210 Å². The van der Waals surface area contributed by atoms with Crippen molar-refractivity contribution < 1.29 is 19.4 Å². The van der Waals surface area contributed by atoms with Crippen LogP contribution in [0.2, 0.25) is 0 Å². The Hall–Kier alpha value is -4.00. The van der Waals surface area contributed by atoms with Gasteiger partial charge in [0.25, 0.3) is 11.4 Å². The molecule has 3 rings (SSSR count). The first kappa shape index (κ1) is 25.6. The number of non-ortho nitro benzene ring substituents is 2. The second kappa shape index (κ2) is 11.9. The van der Waals surface area contributed by atoms with E-state index in [1.165, 1.54) is 48.5 Å². The highest BCUT2D eigenvalue weighted by molar-refractivity contribution is 8.02. The van der Waals surface area contributed by atoms with Gasteiger partial charge in [-0.1, -0.05) is 11.8 Å². The van der Waals surface area contributed by atoms with Crippen LogP contribution < -0.4 is 10.6 Å². The number of hydrogen-bond donors (Lipinski definition) is 2. The average molecular weight is 531 g/mol. The molecule has 1 heterocycles. The number of rotatable bonds is 10. The van der Waals surface area contributed by atoms with E-state index in [1.807, 2.05) is 6.07 Å². The van der Waals surface area contributed by atoms with E-state index in [-0.39, 0.29) is 40.3 Å². The quantitative estimate of drug-likeness (QED) is 0.218. The number of aromatic nitrogens is 1. The molecule has 0 bridgehead atoms. The number of thioether (sulfide) groups is 2. The Kier molecular flexibility index (Phi) is 8.73. The van der Waals surface area contributed by atoms with Crippen LogP contribution in [0.4, 0.5) is 22.7 Å². The molecule has 0 unspecified atom stereocenters. The van der Waals surface area contributed by atoms with Crippen molar-refractivity contribution in [2.45, 2.75) is 9.24 Å². The van der Waals surface area contributed by atoms with E-state index in [4.69, 9.17) is 0 Å². The Morgan fingerprint density at radius 3 is 1.77 bits per heavy atom. The molecule has 0 radical (unpaired) electrons. The van der Waals surface area contributed by atoms with Gasteiger partial charge in [0.05, 0.1) is 21.4 Å². The minimum atomic E-state index is -0.540. The molecule has 0 aliphatic rings. The van der Waals surface area contributed by atoms with Crippen LogP contribution in [0.15, 0.2) is 57.8 Å². The first-order chi connectivity index (χ1) is 16.8. The molecule has 35 heavy (non-hydrogen) atoms. The van der Waals surface area contributed by atoms with E-state index in [1.54, 1.807) is 0 Å². The summed E-state index contributed by atoms with van der Waals surface area (Å²) in [6, 6.07) is 12.8. The fraction of sp³-hybridized carbons (Fsp3) is 0.100. The first-order valence-corrected chi connectivity index (χ1v) is 12.2. The molecule has 1 aromatic heterocycles. The van der Waals surface area contributed by atoms with Crippen LogP contribution in [-0.4, -0.2) is 37.5 Å². The summed E-state index contributed by atoms with van der Waals surface area (Å²) < 4.78 is 4.71. The van der Waals surface area contributed by atoms with Crippen molar-refractivity contribution in [3.63, 3.8) is 0 Å². The molecule has 178 valence electrons. The highest BCUT2D eigenvalue weighted by Crippen LogP contribution is 2.34. The standard InChI is InChI=1S/C20H14N6O6S3/c21-9-16-19(33-10-17(27)22-12-1-5-14(6-2-12)25(29)30)24-35-20(16)34-11-18(28)23-13-3-7-15(8-4-13)26(31)32/h1-8H,10-11H2,(H,22,27)(H,23,28). The van der Waals surface area contributed by atoms with Gasteiger partial charge >= 0.3 is 0 Å². The van der Waals surface area contributed by atoms with Gasteiger partial charge in [0, 0.05) is 35.6 Å². The minimum Gasteiger partial charge on any atom is -0.325 e. The molecule has 0 atom stereocenters. The van der Waals surface area contributed by atoms with Crippen LogP contribution >= 0.6 is 35.1 Å². The molecule has 2 amide bonds. The predicted octanol–water partition coefficient (Wildman–Crippen LogP) is 4.29. The topological polar surface area (TPSA) is 181 Å². The molecule has 0 saturated carbocycles. The van der Waals surface area contributed by atoms with Gasteiger partial charge in [-0.25, -0.2) is 0 Å². The van der Waals surface area contributed by atoms with Crippen molar-refractivity contribution in [2.75, 3.05) is 22.1 Å². The highest BCUT2D eigenvalue weighted by atomic mass is 32.2. The number of amides is 2. The van der Waals surface area contributed by atoms with Crippen molar-refractivity contribution in [3.05, 3.63) is 74.3 Å². The van der Waals surface area contributed by atoms with Crippen LogP contribution in [0.5, 0.6) is 0 Å². The molecule has 0 fully saturated rings. The van der Waals surface area contributed by atoms with Crippen molar-refractivity contribution in [3.8, 4) is 6.07 Å². The average Bonchev–Trinajstić information content (AvgIpc) is 3.24. The largest absolute Gasteiger partial charge is 0.325 e. The molecule has 0 aliphatic carbocycles. The van der Waals surface area contributed by atoms with E-state index in [0.29, 0.717) is 20.6 Å². The Morgan fingerprint density at radius 2 is 1.34 bits per heavy atom. The van der Waals surface area contributed by atoms with Gasteiger partial charge in [0.15, 0.2) is 0 Å². The molecule has 3 aromatic rings. The molecule has 12 nitrogen and oxygen atoms in total. The molecule has 2 aromatic carbocycles. The number of carbonyl (C=O) groups is 2. The number of benzene rings is 2.